The summed E-state index contributed by atoms with van der Waals surface area (Å²) in [5.74, 6) is 0.702. The summed E-state index contributed by atoms with van der Waals surface area (Å²) in [5.41, 5.74) is 6.60. The summed E-state index contributed by atoms with van der Waals surface area (Å²) < 4.78 is 0. The molecule has 0 bridgehead atoms. The topological polar surface area (TPSA) is 35.7 Å². The fourth-order valence-corrected chi connectivity index (χ4v) is 4.36. The predicted molar refractivity (Wildman–Crippen MR) is 90.6 cm³/mol. The Bertz CT molecular complexity index is 318. The van der Waals surface area contributed by atoms with Crippen molar-refractivity contribution in [3.05, 3.63) is 0 Å². The molecule has 0 amide bonds. The minimum Gasteiger partial charge on any atom is -0.329 e. The molecule has 0 radical (unpaired) electrons. The van der Waals surface area contributed by atoms with Crippen LogP contribution in [-0.2, 0) is 0 Å². The molecule has 0 aliphatic carbocycles. The van der Waals surface area contributed by atoms with Crippen molar-refractivity contribution in [3.63, 3.8) is 0 Å². The van der Waals surface area contributed by atoms with Crippen molar-refractivity contribution in [3.8, 4) is 0 Å². The lowest BCUT2D eigenvalue weighted by Gasteiger charge is -2.48. The molecule has 2 aliphatic rings. The maximum atomic E-state index is 6.38. The number of fused-ring (bicyclic) bond motifs is 1. The number of hydrogen-bond donors (Lipinski definition) is 1. The Morgan fingerprint density at radius 1 is 1.19 bits per heavy atom. The first-order valence-electron chi connectivity index (χ1n) is 8.83. The van der Waals surface area contributed by atoms with Gasteiger partial charge in [-0.05, 0) is 45.8 Å². The van der Waals surface area contributed by atoms with Gasteiger partial charge in [0.1, 0.15) is 0 Å². The van der Waals surface area contributed by atoms with E-state index in [1.54, 1.807) is 0 Å². The number of nitrogens with two attached hydrogens (primary N) is 1. The number of rotatable bonds is 7. The molecule has 0 aromatic carbocycles. The first kappa shape index (κ1) is 17.2. The predicted octanol–water partition coefficient (Wildman–Crippen LogP) is 1.46. The van der Waals surface area contributed by atoms with Crippen molar-refractivity contribution < 1.29 is 0 Å². The zero-order valence-electron chi connectivity index (χ0n) is 14.6. The maximum Gasteiger partial charge on any atom is 0.0499 e. The van der Waals surface area contributed by atoms with Crippen molar-refractivity contribution in [2.75, 3.05) is 53.4 Å². The highest BCUT2D eigenvalue weighted by molar-refractivity contribution is 5.09. The monoisotopic (exact) mass is 296 g/mol. The molecule has 0 saturated carbocycles. The van der Waals surface area contributed by atoms with Crippen LogP contribution >= 0.6 is 0 Å². The molecular formula is C17H36N4. The highest BCUT2D eigenvalue weighted by atomic mass is 15.3. The largest absolute Gasteiger partial charge is 0.329 e. The molecule has 2 heterocycles. The Balaban J connectivity index is 2.16. The molecule has 2 rings (SSSR count). The van der Waals surface area contributed by atoms with E-state index >= 15 is 0 Å². The lowest BCUT2D eigenvalue weighted by molar-refractivity contribution is 0.0255. The van der Waals surface area contributed by atoms with Gasteiger partial charge in [-0.25, -0.2) is 0 Å². The van der Waals surface area contributed by atoms with Gasteiger partial charge in [-0.3, -0.25) is 9.80 Å². The highest BCUT2D eigenvalue weighted by Crippen LogP contribution is 2.39. The third-order valence-corrected chi connectivity index (χ3v) is 5.45. The minimum absolute atomic E-state index is 0.223. The van der Waals surface area contributed by atoms with Crippen LogP contribution in [0.1, 0.15) is 39.5 Å². The minimum atomic E-state index is 0.223. The number of hydrogen-bond acceptors (Lipinski definition) is 4. The standard InChI is InChI=1S/C17H36N4/c1-15(2)13-21(12-11-19(3)4)17(14-18)8-10-20-9-6-5-7-16(17)20/h15-16H,5-14,18H2,1-4H3. The van der Waals surface area contributed by atoms with Gasteiger partial charge < -0.3 is 10.6 Å². The van der Waals surface area contributed by atoms with Crippen LogP contribution in [0.3, 0.4) is 0 Å². The number of nitrogens with zero attached hydrogens (tertiary/aromatic N) is 3. The fraction of sp³-hybridized carbons (Fsp3) is 1.00. The number of piperidine rings is 1. The maximum absolute atomic E-state index is 6.38. The lowest BCUT2D eigenvalue weighted by atomic mass is 9.83. The first-order chi connectivity index (χ1) is 9.99. The van der Waals surface area contributed by atoms with Crippen LogP contribution in [0, 0.1) is 5.92 Å². The molecule has 2 N–H and O–H groups in total. The average molecular weight is 297 g/mol. The molecule has 0 aromatic rings. The van der Waals surface area contributed by atoms with E-state index in [1.807, 2.05) is 0 Å². The molecule has 4 heteroatoms. The molecule has 2 saturated heterocycles. The van der Waals surface area contributed by atoms with Crippen molar-refractivity contribution in [2.45, 2.75) is 51.1 Å². The Morgan fingerprint density at radius 3 is 2.57 bits per heavy atom. The van der Waals surface area contributed by atoms with Crippen molar-refractivity contribution in [1.82, 2.24) is 14.7 Å². The van der Waals surface area contributed by atoms with Crippen LogP contribution in [0.25, 0.3) is 0 Å². The van der Waals surface area contributed by atoms with E-state index in [0.717, 1.165) is 19.6 Å². The van der Waals surface area contributed by atoms with Crippen LogP contribution in [0.15, 0.2) is 0 Å². The highest BCUT2D eigenvalue weighted by Gasteiger charge is 2.50. The van der Waals surface area contributed by atoms with E-state index < -0.39 is 0 Å². The van der Waals surface area contributed by atoms with Gasteiger partial charge in [0.15, 0.2) is 0 Å². The lowest BCUT2D eigenvalue weighted by Crippen LogP contribution is -2.63. The van der Waals surface area contributed by atoms with Crippen LogP contribution in [-0.4, -0.2) is 79.6 Å². The molecule has 2 aliphatic heterocycles. The Labute approximate surface area is 131 Å². The zero-order valence-corrected chi connectivity index (χ0v) is 14.6. The summed E-state index contributed by atoms with van der Waals surface area (Å²) in [4.78, 5) is 7.76. The van der Waals surface area contributed by atoms with E-state index in [9.17, 15) is 0 Å². The van der Waals surface area contributed by atoms with Crippen LogP contribution in [0.5, 0.6) is 0 Å². The van der Waals surface area contributed by atoms with Crippen LogP contribution < -0.4 is 5.73 Å². The van der Waals surface area contributed by atoms with E-state index in [1.165, 1.54) is 45.3 Å². The third-order valence-electron chi connectivity index (χ3n) is 5.45. The van der Waals surface area contributed by atoms with Crippen LogP contribution in [0.2, 0.25) is 0 Å². The van der Waals surface area contributed by atoms with E-state index in [0.29, 0.717) is 12.0 Å². The molecule has 124 valence electrons. The molecule has 2 fully saturated rings. The summed E-state index contributed by atoms with van der Waals surface area (Å²) in [6.45, 7) is 11.5. The fourth-order valence-electron chi connectivity index (χ4n) is 4.36. The summed E-state index contributed by atoms with van der Waals surface area (Å²) >= 11 is 0. The van der Waals surface area contributed by atoms with Gasteiger partial charge in [0.05, 0.1) is 0 Å². The van der Waals surface area contributed by atoms with Gasteiger partial charge >= 0.3 is 0 Å². The molecule has 0 aromatic heterocycles. The second-order valence-corrected chi connectivity index (χ2v) is 7.75. The molecule has 0 spiro atoms. The molecule has 4 nitrogen and oxygen atoms in total. The van der Waals surface area contributed by atoms with Gasteiger partial charge in [-0.1, -0.05) is 20.3 Å². The third kappa shape index (κ3) is 3.79. The van der Waals surface area contributed by atoms with Crippen molar-refractivity contribution >= 4 is 0 Å². The molecule has 2 unspecified atom stereocenters. The average Bonchev–Trinajstić information content (AvgIpc) is 2.83. The second-order valence-electron chi connectivity index (χ2n) is 7.75. The zero-order chi connectivity index (χ0) is 15.5. The van der Waals surface area contributed by atoms with E-state index in [4.69, 9.17) is 5.73 Å². The molecular weight excluding hydrogens is 260 g/mol. The van der Waals surface area contributed by atoms with Gasteiger partial charge in [0, 0.05) is 44.3 Å². The van der Waals surface area contributed by atoms with Crippen LogP contribution in [0.4, 0.5) is 0 Å². The Kier molecular flexibility index (Phi) is 6.06. The molecule has 21 heavy (non-hydrogen) atoms. The Morgan fingerprint density at radius 2 is 1.95 bits per heavy atom. The summed E-state index contributed by atoms with van der Waals surface area (Å²) in [6.07, 6.45) is 5.35. The van der Waals surface area contributed by atoms with E-state index in [2.05, 4.69) is 42.6 Å². The smallest absolute Gasteiger partial charge is 0.0499 e. The van der Waals surface area contributed by atoms with Crippen molar-refractivity contribution in [1.29, 1.82) is 0 Å². The van der Waals surface area contributed by atoms with Gasteiger partial charge in [0.25, 0.3) is 0 Å². The molecule has 2 atom stereocenters. The summed E-state index contributed by atoms with van der Waals surface area (Å²) in [6, 6.07) is 0.692. The first-order valence-corrected chi connectivity index (χ1v) is 8.83. The van der Waals surface area contributed by atoms with Gasteiger partial charge in [-0.15, -0.1) is 0 Å². The summed E-state index contributed by atoms with van der Waals surface area (Å²) in [5, 5.41) is 0. The van der Waals surface area contributed by atoms with Gasteiger partial charge in [-0.2, -0.15) is 0 Å². The quantitative estimate of drug-likeness (QED) is 0.771. The van der Waals surface area contributed by atoms with Gasteiger partial charge in [0.2, 0.25) is 0 Å². The summed E-state index contributed by atoms with van der Waals surface area (Å²) in [7, 11) is 4.34. The number of likely N-dealkylation sites (N-methyl/N-ethyl adjacent to an activating group) is 1. The SMILES string of the molecule is CC(C)CN(CCN(C)C)C1(CN)CCN2CCCCC21. The second kappa shape index (κ2) is 7.40. The normalized spacial score (nSPS) is 30.6. The Hall–Kier alpha value is -0.160. The van der Waals surface area contributed by atoms with E-state index in [-0.39, 0.29) is 5.54 Å². The van der Waals surface area contributed by atoms with Crippen molar-refractivity contribution in [2.24, 2.45) is 11.7 Å².